The Morgan fingerprint density at radius 2 is 1.76 bits per heavy atom. The second-order valence-electron chi connectivity index (χ2n) is 10.2. The average molecular weight is 530 g/mol. The van der Waals surface area contributed by atoms with Gasteiger partial charge < -0.3 is 15.0 Å². The maximum absolute atomic E-state index is 14.4. The van der Waals surface area contributed by atoms with Gasteiger partial charge in [-0.2, -0.15) is 0 Å². The highest BCUT2D eigenvalue weighted by molar-refractivity contribution is 6.30. The molecule has 0 aliphatic carbocycles. The molecule has 3 aromatic carbocycles. The van der Waals surface area contributed by atoms with E-state index in [1.807, 2.05) is 75.4 Å². The minimum absolute atomic E-state index is 0.163. The Kier molecular flexibility index (Phi) is 6.67. The van der Waals surface area contributed by atoms with Gasteiger partial charge in [0.1, 0.15) is 17.5 Å². The van der Waals surface area contributed by atoms with Crippen molar-refractivity contribution in [3.63, 3.8) is 0 Å². The number of hydrogen-bond acceptors (Lipinski definition) is 5. The van der Waals surface area contributed by atoms with E-state index in [4.69, 9.17) is 16.3 Å². The molecular formula is C29H28ClN5O3. The third-order valence-corrected chi connectivity index (χ3v) is 6.50. The zero-order valence-electron chi connectivity index (χ0n) is 21.6. The monoisotopic (exact) mass is 529 g/mol. The van der Waals surface area contributed by atoms with E-state index in [1.54, 1.807) is 30.2 Å². The Morgan fingerprint density at radius 3 is 2.42 bits per heavy atom. The van der Waals surface area contributed by atoms with Crippen molar-refractivity contribution in [2.45, 2.75) is 38.9 Å². The van der Waals surface area contributed by atoms with Crippen LogP contribution in [-0.2, 0) is 11.3 Å². The van der Waals surface area contributed by atoms with Gasteiger partial charge in [0.2, 0.25) is 5.91 Å². The van der Waals surface area contributed by atoms with Crippen LogP contribution in [0, 0.1) is 0 Å². The molecule has 0 bridgehead atoms. The minimum Gasteiger partial charge on any atom is -0.497 e. The van der Waals surface area contributed by atoms with Crippen molar-refractivity contribution in [3.05, 3.63) is 94.6 Å². The molecule has 0 radical (unpaired) electrons. The van der Waals surface area contributed by atoms with E-state index in [0.717, 1.165) is 11.1 Å². The zero-order chi connectivity index (χ0) is 27.0. The van der Waals surface area contributed by atoms with Crippen molar-refractivity contribution in [2.75, 3.05) is 7.11 Å². The lowest BCUT2D eigenvalue weighted by Gasteiger charge is -2.33. The standard InChI is InChI=1S/C29H28ClN5O3/c1-29(2,3)31-27(36)25-22-16-20(30)12-15-23(22)35-26(24(32-33-35)19-8-6-5-7-9-19)28(37)34(25)17-18-10-13-21(38-4)14-11-18/h5-16,25H,17H2,1-4H3,(H,31,36). The number of halogens is 1. The molecule has 2 heterocycles. The Morgan fingerprint density at radius 1 is 1.05 bits per heavy atom. The Labute approximate surface area is 226 Å². The summed E-state index contributed by atoms with van der Waals surface area (Å²) in [6, 6.07) is 21.1. The Balaban J connectivity index is 1.73. The van der Waals surface area contributed by atoms with Crippen molar-refractivity contribution >= 4 is 23.4 Å². The molecule has 194 valence electrons. The van der Waals surface area contributed by atoms with E-state index >= 15 is 0 Å². The van der Waals surface area contributed by atoms with Gasteiger partial charge in [0.25, 0.3) is 5.91 Å². The fourth-order valence-electron chi connectivity index (χ4n) is 4.60. The maximum Gasteiger partial charge on any atom is 0.276 e. The van der Waals surface area contributed by atoms with Crippen molar-refractivity contribution in [1.82, 2.24) is 25.2 Å². The van der Waals surface area contributed by atoms with Crippen molar-refractivity contribution in [1.29, 1.82) is 0 Å². The topological polar surface area (TPSA) is 89.3 Å². The second-order valence-corrected chi connectivity index (χ2v) is 10.6. The van der Waals surface area contributed by atoms with Gasteiger partial charge in [-0.05, 0) is 56.7 Å². The van der Waals surface area contributed by atoms with Crippen molar-refractivity contribution < 1.29 is 14.3 Å². The largest absolute Gasteiger partial charge is 0.497 e. The predicted molar refractivity (Wildman–Crippen MR) is 145 cm³/mol. The van der Waals surface area contributed by atoms with E-state index < -0.39 is 11.6 Å². The van der Waals surface area contributed by atoms with Crippen LogP contribution in [0.4, 0.5) is 0 Å². The van der Waals surface area contributed by atoms with Crippen molar-refractivity contribution in [3.8, 4) is 22.7 Å². The lowest BCUT2D eigenvalue weighted by molar-refractivity contribution is -0.127. The first kappa shape index (κ1) is 25.5. The smallest absolute Gasteiger partial charge is 0.276 e. The summed E-state index contributed by atoms with van der Waals surface area (Å²) >= 11 is 6.44. The third-order valence-electron chi connectivity index (χ3n) is 6.26. The number of nitrogens with one attached hydrogen (secondary N) is 1. The summed E-state index contributed by atoms with van der Waals surface area (Å²) in [5.74, 6) is 0.0117. The fraction of sp³-hybridized carbons (Fsp3) is 0.241. The van der Waals surface area contributed by atoms with Crippen molar-refractivity contribution in [2.24, 2.45) is 0 Å². The molecule has 1 aliphatic rings. The molecule has 0 saturated carbocycles. The summed E-state index contributed by atoms with van der Waals surface area (Å²) in [6.45, 7) is 5.87. The summed E-state index contributed by atoms with van der Waals surface area (Å²) in [5.41, 5.74) is 2.90. The van der Waals surface area contributed by atoms with E-state index in [9.17, 15) is 9.59 Å². The van der Waals surface area contributed by atoms with Gasteiger partial charge in [-0.1, -0.05) is 59.3 Å². The number of fused-ring (bicyclic) bond motifs is 3. The molecule has 1 unspecified atom stereocenters. The number of hydrogen-bond donors (Lipinski definition) is 1. The van der Waals surface area contributed by atoms with E-state index in [2.05, 4.69) is 15.6 Å². The number of benzene rings is 3. The average Bonchev–Trinajstić information content (AvgIpc) is 3.29. The second kappa shape index (κ2) is 9.95. The zero-order valence-corrected chi connectivity index (χ0v) is 22.4. The summed E-state index contributed by atoms with van der Waals surface area (Å²) < 4.78 is 6.81. The SMILES string of the molecule is COc1ccc(CN2C(=O)c3c(-c4ccccc4)nnn3-c3ccc(Cl)cc3C2C(=O)NC(C)(C)C)cc1. The number of amides is 2. The molecule has 2 amide bonds. The number of carbonyl (C=O) groups excluding carboxylic acids is 2. The first-order valence-corrected chi connectivity index (χ1v) is 12.6. The molecule has 8 nitrogen and oxygen atoms in total. The minimum atomic E-state index is -0.970. The van der Waals surface area contributed by atoms with Gasteiger partial charge in [-0.15, -0.1) is 5.10 Å². The molecule has 0 saturated heterocycles. The number of ether oxygens (including phenoxy) is 1. The summed E-state index contributed by atoms with van der Waals surface area (Å²) in [4.78, 5) is 29.9. The highest BCUT2D eigenvalue weighted by Crippen LogP contribution is 2.38. The summed E-state index contributed by atoms with van der Waals surface area (Å²) in [5, 5.41) is 12.3. The summed E-state index contributed by atoms with van der Waals surface area (Å²) in [6.07, 6.45) is 0. The molecule has 9 heteroatoms. The van der Waals surface area contributed by atoms with E-state index in [-0.39, 0.29) is 24.1 Å². The fourth-order valence-corrected chi connectivity index (χ4v) is 4.78. The third kappa shape index (κ3) is 4.87. The Hall–Kier alpha value is -4.17. The van der Waals surface area contributed by atoms with E-state index in [1.165, 1.54) is 4.68 Å². The Bertz CT molecular complexity index is 1490. The van der Waals surface area contributed by atoms with Crippen LogP contribution in [0.1, 0.15) is 48.4 Å². The molecular weight excluding hydrogens is 502 g/mol. The molecule has 1 N–H and O–H groups in total. The van der Waals surface area contributed by atoms with Crippen LogP contribution in [0.3, 0.4) is 0 Å². The lowest BCUT2D eigenvalue weighted by Crippen LogP contribution is -2.48. The van der Waals surface area contributed by atoms with Gasteiger partial charge >= 0.3 is 0 Å². The molecule has 1 atom stereocenters. The number of nitrogens with zero attached hydrogens (tertiary/aromatic N) is 4. The van der Waals surface area contributed by atoms with Gasteiger partial charge in [0.05, 0.1) is 12.8 Å². The number of carbonyl (C=O) groups is 2. The number of aromatic nitrogens is 3. The van der Waals surface area contributed by atoms with Gasteiger partial charge in [-0.3, -0.25) is 9.59 Å². The van der Waals surface area contributed by atoms with Gasteiger partial charge in [0, 0.05) is 28.2 Å². The normalized spacial score (nSPS) is 14.9. The molecule has 38 heavy (non-hydrogen) atoms. The molecule has 4 aromatic rings. The van der Waals surface area contributed by atoms with Crippen LogP contribution >= 0.6 is 11.6 Å². The predicted octanol–water partition coefficient (Wildman–Crippen LogP) is 5.21. The van der Waals surface area contributed by atoms with Crippen LogP contribution in [0.15, 0.2) is 72.8 Å². The molecule has 0 spiro atoms. The molecule has 1 aliphatic heterocycles. The van der Waals surface area contributed by atoms with Crippen LogP contribution < -0.4 is 10.1 Å². The first-order chi connectivity index (χ1) is 18.2. The van der Waals surface area contributed by atoms with Crippen LogP contribution in [0.5, 0.6) is 5.75 Å². The first-order valence-electron chi connectivity index (χ1n) is 12.2. The number of rotatable bonds is 5. The molecule has 5 rings (SSSR count). The highest BCUT2D eigenvalue weighted by Gasteiger charge is 2.41. The van der Waals surface area contributed by atoms with Crippen LogP contribution in [0.2, 0.25) is 5.02 Å². The number of methoxy groups -OCH3 is 1. The lowest BCUT2D eigenvalue weighted by atomic mass is 9.99. The molecule has 1 aromatic heterocycles. The van der Waals surface area contributed by atoms with Gasteiger partial charge in [0.15, 0.2) is 5.69 Å². The quantitative estimate of drug-likeness (QED) is 0.383. The maximum atomic E-state index is 14.4. The van der Waals surface area contributed by atoms with Gasteiger partial charge in [-0.25, -0.2) is 4.68 Å². The van der Waals surface area contributed by atoms with Crippen LogP contribution in [0.25, 0.3) is 16.9 Å². The summed E-state index contributed by atoms with van der Waals surface area (Å²) in [7, 11) is 1.60. The van der Waals surface area contributed by atoms with E-state index in [0.29, 0.717) is 27.7 Å². The van der Waals surface area contributed by atoms with Crippen LogP contribution in [-0.4, -0.2) is 44.4 Å². The molecule has 0 fully saturated rings. The highest BCUT2D eigenvalue weighted by atomic mass is 35.5.